The Morgan fingerprint density at radius 3 is 2.78 bits per heavy atom. The molecule has 6 nitrogen and oxygen atoms in total. The summed E-state index contributed by atoms with van der Waals surface area (Å²) in [6.07, 6.45) is 0. The number of nitrogens with one attached hydrogen (secondary N) is 2. The number of amides is 2. The molecule has 0 saturated carbocycles. The van der Waals surface area contributed by atoms with E-state index in [2.05, 4.69) is 15.4 Å². The maximum Gasteiger partial charge on any atom is 0.325 e. The summed E-state index contributed by atoms with van der Waals surface area (Å²) >= 11 is 0. The number of carbonyl (C=O) groups excluding carboxylic acids is 2. The van der Waals surface area contributed by atoms with Crippen molar-refractivity contribution in [1.29, 1.82) is 0 Å². The minimum atomic E-state index is -0.505. The molecule has 6 heteroatoms. The largest absolute Gasteiger partial charge is 0.468 e. The number of carbonyl (C=O) groups is 2. The Morgan fingerprint density at radius 1 is 1.44 bits per heavy atom. The number of urea groups is 1. The number of hydrogen-bond acceptors (Lipinski definition) is 4. The zero-order chi connectivity index (χ0) is 13.5. The Balaban J connectivity index is 2.54. The van der Waals surface area contributed by atoms with Crippen LogP contribution in [0.5, 0.6) is 0 Å². The number of anilines is 1. The number of rotatable bonds is 4. The number of esters is 1. The van der Waals surface area contributed by atoms with Crippen LogP contribution in [0, 0.1) is 0 Å². The van der Waals surface area contributed by atoms with Crippen molar-refractivity contribution in [1.82, 2.24) is 5.32 Å². The van der Waals surface area contributed by atoms with Gasteiger partial charge in [-0.1, -0.05) is 12.1 Å². The zero-order valence-electron chi connectivity index (χ0n) is 10.4. The summed E-state index contributed by atoms with van der Waals surface area (Å²) in [7, 11) is 1.26. The summed E-state index contributed by atoms with van der Waals surface area (Å²) in [4.78, 5) is 22.3. The zero-order valence-corrected chi connectivity index (χ0v) is 10.4. The lowest BCUT2D eigenvalue weighted by Crippen LogP contribution is -2.33. The van der Waals surface area contributed by atoms with Crippen molar-refractivity contribution in [3.63, 3.8) is 0 Å². The molecule has 1 aromatic rings. The van der Waals surface area contributed by atoms with Crippen LogP contribution in [0.1, 0.15) is 18.5 Å². The van der Waals surface area contributed by atoms with E-state index in [1.54, 1.807) is 18.2 Å². The average molecular weight is 251 g/mol. The van der Waals surface area contributed by atoms with Crippen molar-refractivity contribution >= 4 is 17.7 Å². The van der Waals surface area contributed by atoms with Crippen molar-refractivity contribution < 1.29 is 14.3 Å². The fraction of sp³-hybridized carbons (Fsp3) is 0.333. The van der Waals surface area contributed by atoms with Crippen LogP contribution in [-0.2, 0) is 9.53 Å². The number of methoxy groups -OCH3 is 1. The Labute approximate surface area is 105 Å². The minimum Gasteiger partial charge on any atom is -0.468 e. The number of benzene rings is 1. The topological polar surface area (TPSA) is 93.4 Å². The molecule has 1 unspecified atom stereocenters. The van der Waals surface area contributed by atoms with Crippen molar-refractivity contribution in [3.8, 4) is 0 Å². The molecule has 18 heavy (non-hydrogen) atoms. The second-order valence-electron chi connectivity index (χ2n) is 3.80. The predicted octanol–water partition coefficient (Wildman–Crippen LogP) is 1.00. The van der Waals surface area contributed by atoms with Gasteiger partial charge in [-0.25, -0.2) is 4.79 Å². The molecule has 0 aliphatic heterocycles. The van der Waals surface area contributed by atoms with E-state index in [1.165, 1.54) is 7.11 Å². The quantitative estimate of drug-likeness (QED) is 0.696. The van der Waals surface area contributed by atoms with Crippen LogP contribution >= 0.6 is 0 Å². The molecule has 0 aromatic heterocycles. The molecule has 0 saturated heterocycles. The maximum atomic E-state index is 11.5. The second-order valence-corrected chi connectivity index (χ2v) is 3.80. The van der Waals surface area contributed by atoms with Gasteiger partial charge in [0.1, 0.15) is 6.54 Å². The van der Waals surface area contributed by atoms with Crippen LogP contribution in [0.4, 0.5) is 10.5 Å². The number of hydrogen-bond donors (Lipinski definition) is 3. The molecule has 0 fully saturated rings. The second kappa shape index (κ2) is 6.61. The molecule has 0 heterocycles. The molecule has 0 bridgehead atoms. The number of nitrogens with two attached hydrogens (primary N) is 1. The van der Waals surface area contributed by atoms with Gasteiger partial charge >= 0.3 is 12.0 Å². The number of ether oxygens (including phenoxy) is 1. The first-order chi connectivity index (χ1) is 8.52. The van der Waals surface area contributed by atoms with Gasteiger partial charge in [0.25, 0.3) is 0 Å². The fourth-order valence-electron chi connectivity index (χ4n) is 1.30. The van der Waals surface area contributed by atoms with Crippen LogP contribution in [0.2, 0.25) is 0 Å². The van der Waals surface area contributed by atoms with E-state index >= 15 is 0 Å². The summed E-state index contributed by atoms with van der Waals surface area (Å²) < 4.78 is 4.40. The normalized spacial score (nSPS) is 11.5. The summed E-state index contributed by atoms with van der Waals surface area (Å²) in [5.74, 6) is -0.505. The highest BCUT2D eigenvalue weighted by Crippen LogP contribution is 2.15. The molecule has 0 aliphatic carbocycles. The lowest BCUT2D eigenvalue weighted by molar-refractivity contribution is -0.139. The van der Waals surface area contributed by atoms with Crippen LogP contribution < -0.4 is 16.4 Å². The summed E-state index contributed by atoms with van der Waals surface area (Å²) in [6.45, 7) is 1.69. The molecule has 0 spiro atoms. The van der Waals surface area contributed by atoms with Crippen molar-refractivity contribution in [2.75, 3.05) is 19.0 Å². The van der Waals surface area contributed by atoms with Gasteiger partial charge in [0, 0.05) is 11.7 Å². The van der Waals surface area contributed by atoms with Crippen molar-refractivity contribution in [3.05, 3.63) is 29.8 Å². The van der Waals surface area contributed by atoms with E-state index < -0.39 is 12.0 Å². The van der Waals surface area contributed by atoms with Gasteiger partial charge in [0.05, 0.1) is 7.11 Å². The van der Waals surface area contributed by atoms with Crippen LogP contribution in [-0.4, -0.2) is 25.7 Å². The summed E-state index contributed by atoms with van der Waals surface area (Å²) in [5, 5.41) is 4.98. The lowest BCUT2D eigenvalue weighted by Gasteiger charge is -2.10. The fourth-order valence-corrected chi connectivity index (χ4v) is 1.30. The van der Waals surface area contributed by atoms with E-state index in [0.29, 0.717) is 5.69 Å². The van der Waals surface area contributed by atoms with Gasteiger partial charge in [-0.3, -0.25) is 4.79 Å². The third-order valence-corrected chi connectivity index (χ3v) is 2.29. The summed E-state index contributed by atoms with van der Waals surface area (Å²) in [5.41, 5.74) is 7.28. The standard InChI is InChI=1S/C12H17N3O3/c1-8(13)9-4-3-5-10(6-9)15-12(17)14-7-11(16)18-2/h3-6,8H,7,13H2,1-2H3,(H2,14,15,17). The maximum absolute atomic E-state index is 11.5. The molecule has 98 valence electrons. The highest BCUT2D eigenvalue weighted by atomic mass is 16.5. The Hall–Kier alpha value is -2.08. The third kappa shape index (κ3) is 4.42. The first-order valence-corrected chi connectivity index (χ1v) is 5.50. The SMILES string of the molecule is COC(=O)CNC(=O)Nc1cccc(C(C)N)c1. The Bertz CT molecular complexity index is 432. The molecule has 1 aromatic carbocycles. The Kier molecular flexibility index (Phi) is 5.13. The van der Waals surface area contributed by atoms with Crippen LogP contribution in [0.3, 0.4) is 0 Å². The molecule has 1 atom stereocenters. The first kappa shape index (κ1) is 14.0. The van der Waals surface area contributed by atoms with Crippen molar-refractivity contribution in [2.45, 2.75) is 13.0 Å². The van der Waals surface area contributed by atoms with Gasteiger partial charge in [-0.2, -0.15) is 0 Å². The predicted molar refractivity (Wildman–Crippen MR) is 68.1 cm³/mol. The molecule has 0 radical (unpaired) electrons. The molecule has 1 rings (SSSR count). The van der Waals surface area contributed by atoms with E-state index in [9.17, 15) is 9.59 Å². The molecule has 2 amide bonds. The van der Waals surface area contributed by atoms with E-state index in [4.69, 9.17) is 5.73 Å². The summed E-state index contributed by atoms with van der Waals surface area (Å²) in [6, 6.07) is 6.62. The minimum absolute atomic E-state index is 0.107. The average Bonchev–Trinajstić information content (AvgIpc) is 2.36. The van der Waals surface area contributed by atoms with Crippen LogP contribution in [0.15, 0.2) is 24.3 Å². The lowest BCUT2D eigenvalue weighted by atomic mass is 10.1. The van der Waals surface area contributed by atoms with E-state index in [0.717, 1.165) is 5.56 Å². The van der Waals surface area contributed by atoms with Gasteiger partial charge in [-0.05, 0) is 24.6 Å². The monoisotopic (exact) mass is 251 g/mol. The highest BCUT2D eigenvalue weighted by Gasteiger charge is 2.06. The molecule has 0 aliphatic rings. The van der Waals surface area contributed by atoms with Gasteiger partial charge in [0.15, 0.2) is 0 Å². The van der Waals surface area contributed by atoms with Crippen molar-refractivity contribution in [2.24, 2.45) is 5.73 Å². The van der Waals surface area contributed by atoms with Gasteiger partial charge in [-0.15, -0.1) is 0 Å². The smallest absolute Gasteiger partial charge is 0.325 e. The van der Waals surface area contributed by atoms with E-state index in [-0.39, 0.29) is 12.6 Å². The third-order valence-electron chi connectivity index (χ3n) is 2.29. The Morgan fingerprint density at radius 2 is 2.17 bits per heavy atom. The van der Waals surface area contributed by atoms with Gasteiger partial charge < -0.3 is 21.1 Å². The first-order valence-electron chi connectivity index (χ1n) is 5.50. The molecule has 4 N–H and O–H groups in total. The molecular weight excluding hydrogens is 234 g/mol. The molecular formula is C12H17N3O3. The van der Waals surface area contributed by atoms with Crippen LogP contribution in [0.25, 0.3) is 0 Å². The highest BCUT2D eigenvalue weighted by molar-refractivity contribution is 5.91. The van der Waals surface area contributed by atoms with E-state index in [1.807, 2.05) is 13.0 Å². The van der Waals surface area contributed by atoms with Gasteiger partial charge in [0.2, 0.25) is 0 Å².